The lowest BCUT2D eigenvalue weighted by Gasteiger charge is -2.10. The van der Waals surface area contributed by atoms with Crippen molar-refractivity contribution >= 4 is 11.8 Å². The Kier molecular flexibility index (Phi) is 3.18. The van der Waals surface area contributed by atoms with Gasteiger partial charge in [0.05, 0.1) is 5.69 Å². The van der Waals surface area contributed by atoms with Crippen molar-refractivity contribution in [3.05, 3.63) is 48.3 Å². The zero-order valence-electron chi connectivity index (χ0n) is 9.02. The lowest BCUT2D eigenvalue weighted by atomic mass is 10.0. The van der Waals surface area contributed by atoms with Crippen LogP contribution in [0.1, 0.15) is 0 Å². The number of amides is 1. The van der Waals surface area contributed by atoms with Crippen LogP contribution in [0.25, 0.3) is 11.1 Å². The smallest absolute Gasteiger partial charge is 0.409 e. The second kappa shape index (κ2) is 4.79. The fourth-order valence-electron chi connectivity index (χ4n) is 1.56. The summed E-state index contributed by atoms with van der Waals surface area (Å²) in [7, 11) is 0. The van der Waals surface area contributed by atoms with Crippen LogP contribution in [0.4, 0.5) is 19.3 Å². The first-order chi connectivity index (χ1) is 8.58. The van der Waals surface area contributed by atoms with Gasteiger partial charge in [-0.1, -0.05) is 6.07 Å². The number of nitrogens with one attached hydrogen (secondary N) is 1. The SMILES string of the molecule is O=C(O)Nc1c(F)cc(F)cc1-c1cccnc1. The predicted molar refractivity (Wildman–Crippen MR) is 61.2 cm³/mol. The van der Waals surface area contributed by atoms with E-state index < -0.39 is 17.7 Å². The van der Waals surface area contributed by atoms with E-state index in [1.54, 1.807) is 12.1 Å². The zero-order chi connectivity index (χ0) is 13.1. The van der Waals surface area contributed by atoms with Gasteiger partial charge in [-0.05, 0) is 12.1 Å². The van der Waals surface area contributed by atoms with Crippen molar-refractivity contribution in [2.45, 2.75) is 0 Å². The van der Waals surface area contributed by atoms with Crippen molar-refractivity contribution < 1.29 is 18.7 Å². The largest absolute Gasteiger partial charge is 0.465 e. The number of rotatable bonds is 2. The maximum absolute atomic E-state index is 13.6. The first-order valence-electron chi connectivity index (χ1n) is 4.97. The highest BCUT2D eigenvalue weighted by Crippen LogP contribution is 2.30. The van der Waals surface area contributed by atoms with Crippen molar-refractivity contribution in [1.82, 2.24) is 4.98 Å². The Morgan fingerprint density at radius 1 is 1.33 bits per heavy atom. The standard InChI is InChI=1S/C12H8F2N2O2/c13-8-4-9(7-2-1-3-15-6-7)11(10(14)5-8)16-12(17)18/h1-6,16H,(H,17,18). The van der Waals surface area contributed by atoms with Gasteiger partial charge in [-0.15, -0.1) is 0 Å². The number of carboxylic acid groups (broad SMARTS) is 1. The van der Waals surface area contributed by atoms with E-state index in [2.05, 4.69) is 4.98 Å². The Balaban J connectivity index is 2.61. The number of aromatic nitrogens is 1. The van der Waals surface area contributed by atoms with Crippen LogP contribution in [-0.2, 0) is 0 Å². The van der Waals surface area contributed by atoms with Crippen LogP contribution in [0.2, 0.25) is 0 Å². The highest BCUT2D eigenvalue weighted by molar-refractivity contribution is 5.90. The second-order valence-corrected chi connectivity index (χ2v) is 3.48. The van der Waals surface area contributed by atoms with Gasteiger partial charge in [0.2, 0.25) is 0 Å². The highest BCUT2D eigenvalue weighted by Gasteiger charge is 2.15. The van der Waals surface area contributed by atoms with Gasteiger partial charge in [-0.2, -0.15) is 0 Å². The van der Waals surface area contributed by atoms with Crippen LogP contribution in [0, 0.1) is 11.6 Å². The van der Waals surface area contributed by atoms with Gasteiger partial charge in [0, 0.05) is 29.6 Å². The Morgan fingerprint density at radius 2 is 2.11 bits per heavy atom. The molecule has 2 rings (SSSR count). The van der Waals surface area contributed by atoms with Gasteiger partial charge < -0.3 is 5.11 Å². The van der Waals surface area contributed by atoms with Crippen LogP contribution in [0.15, 0.2) is 36.7 Å². The van der Waals surface area contributed by atoms with E-state index in [4.69, 9.17) is 5.11 Å². The molecule has 0 unspecified atom stereocenters. The number of nitrogens with zero attached hydrogens (tertiary/aromatic N) is 1. The number of carbonyl (C=O) groups is 1. The number of hydrogen-bond donors (Lipinski definition) is 2. The van der Waals surface area contributed by atoms with Crippen LogP contribution in [0.5, 0.6) is 0 Å². The normalized spacial score (nSPS) is 10.1. The summed E-state index contributed by atoms with van der Waals surface area (Å²) < 4.78 is 26.8. The molecule has 1 aromatic carbocycles. The summed E-state index contributed by atoms with van der Waals surface area (Å²) >= 11 is 0. The molecular weight excluding hydrogens is 242 g/mol. The molecule has 2 N–H and O–H groups in total. The number of hydrogen-bond acceptors (Lipinski definition) is 2. The molecule has 92 valence electrons. The minimum Gasteiger partial charge on any atom is -0.465 e. The van der Waals surface area contributed by atoms with E-state index in [-0.39, 0.29) is 11.3 Å². The number of anilines is 1. The molecule has 0 spiro atoms. The van der Waals surface area contributed by atoms with Crippen molar-refractivity contribution in [1.29, 1.82) is 0 Å². The lowest BCUT2D eigenvalue weighted by molar-refractivity contribution is 0.209. The molecular formula is C12H8F2N2O2. The van der Waals surface area contributed by atoms with E-state index >= 15 is 0 Å². The first kappa shape index (κ1) is 12.0. The Labute approximate surface area is 101 Å². The van der Waals surface area contributed by atoms with E-state index in [0.29, 0.717) is 11.6 Å². The minimum atomic E-state index is -1.43. The summed E-state index contributed by atoms with van der Waals surface area (Å²) in [5.74, 6) is -1.77. The molecule has 6 heteroatoms. The maximum atomic E-state index is 13.6. The molecule has 0 aliphatic rings. The van der Waals surface area contributed by atoms with E-state index in [1.807, 2.05) is 5.32 Å². The molecule has 1 heterocycles. The van der Waals surface area contributed by atoms with Crippen molar-refractivity contribution in [2.75, 3.05) is 5.32 Å². The minimum absolute atomic E-state index is 0.100. The summed E-state index contributed by atoms with van der Waals surface area (Å²) in [6.07, 6.45) is 1.47. The molecule has 0 atom stereocenters. The Morgan fingerprint density at radius 3 is 2.72 bits per heavy atom. The molecule has 4 nitrogen and oxygen atoms in total. The van der Waals surface area contributed by atoms with Gasteiger partial charge in [-0.3, -0.25) is 10.3 Å². The number of pyridine rings is 1. The third-order valence-electron chi connectivity index (χ3n) is 2.26. The molecule has 0 fully saturated rings. The quantitative estimate of drug-likeness (QED) is 0.860. The summed E-state index contributed by atoms with van der Waals surface area (Å²) in [6, 6.07) is 4.83. The van der Waals surface area contributed by atoms with Gasteiger partial charge in [0.15, 0.2) is 0 Å². The van der Waals surface area contributed by atoms with Gasteiger partial charge >= 0.3 is 6.09 Å². The molecule has 0 saturated heterocycles. The molecule has 0 bridgehead atoms. The lowest BCUT2D eigenvalue weighted by Crippen LogP contribution is -2.10. The molecule has 0 saturated carbocycles. The fraction of sp³-hybridized carbons (Fsp3) is 0. The summed E-state index contributed by atoms with van der Waals surface area (Å²) in [4.78, 5) is 14.4. The van der Waals surface area contributed by atoms with Crippen LogP contribution < -0.4 is 5.32 Å². The molecule has 2 aromatic rings. The van der Waals surface area contributed by atoms with Gasteiger partial charge in [0.1, 0.15) is 11.6 Å². The van der Waals surface area contributed by atoms with Crippen molar-refractivity contribution in [3.8, 4) is 11.1 Å². The van der Waals surface area contributed by atoms with E-state index in [1.165, 1.54) is 12.4 Å². The van der Waals surface area contributed by atoms with Crippen molar-refractivity contribution in [2.24, 2.45) is 0 Å². The summed E-state index contributed by atoms with van der Waals surface area (Å²) in [5, 5.41) is 10.6. The fourth-order valence-corrected chi connectivity index (χ4v) is 1.56. The summed E-state index contributed by atoms with van der Waals surface area (Å²) in [6.45, 7) is 0. The third kappa shape index (κ3) is 2.42. The third-order valence-corrected chi connectivity index (χ3v) is 2.26. The Hall–Kier alpha value is -2.50. The summed E-state index contributed by atoms with van der Waals surface area (Å²) in [5.41, 5.74) is 0.222. The molecule has 0 aliphatic heterocycles. The molecule has 0 radical (unpaired) electrons. The van der Waals surface area contributed by atoms with Crippen LogP contribution >= 0.6 is 0 Å². The molecule has 1 amide bonds. The molecule has 1 aromatic heterocycles. The molecule has 18 heavy (non-hydrogen) atoms. The highest BCUT2D eigenvalue weighted by atomic mass is 19.1. The monoisotopic (exact) mass is 250 g/mol. The average Bonchev–Trinajstić information content (AvgIpc) is 2.33. The average molecular weight is 250 g/mol. The predicted octanol–water partition coefficient (Wildman–Crippen LogP) is 3.12. The van der Waals surface area contributed by atoms with E-state index in [0.717, 1.165) is 6.07 Å². The van der Waals surface area contributed by atoms with Gasteiger partial charge in [-0.25, -0.2) is 13.6 Å². The van der Waals surface area contributed by atoms with Crippen LogP contribution in [0.3, 0.4) is 0 Å². The molecule has 0 aliphatic carbocycles. The Bertz CT molecular complexity index is 588. The number of benzene rings is 1. The number of halogens is 2. The first-order valence-corrected chi connectivity index (χ1v) is 4.97. The topological polar surface area (TPSA) is 62.2 Å². The van der Waals surface area contributed by atoms with Crippen LogP contribution in [-0.4, -0.2) is 16.2 Å². The zero-order valence-corrected chi connectivity index (χ0v) is 9.02. The maximum Gasteiger partial charge on any atom is 0.409 e. The van der Waals surface area contributed by atoms with Gasteiger partial charge in [0.25, 0.3) is 0 Å². The van der Waals surface area contributed by atoms with E-state index in [9.17, 15) is 13.6 Å². The second-order valence-electron chi connectivity index (χ2n) is 3.48. The van der Waals surface area contributed by atoms with Crippen molar-refractivity contribution in [3.63, 3.8) is 0 Å².